The second-order valence-corrected chi connectivity index (χ2v) is 10.9. The first-order valence-electron chi connectivity index (χ1n) is 10.4. The van der Waals surface area contributed by atoms with Crippen LogP contribution in [0.15, 0.2) is 41.0 Å². The summed E-state index contributed by atoms with van der Waals surface area (Å²) in [5.74, 6) is -0.143. The van der Waals surface area contributed by atoms with Crippen molar-refractivity contribution < 1.29 is 18.1 Å². The number of anilines is 2. The Bertz CT molecular complexity index is 1310. The highest BCUT2D eigenvalue weighted by atomic mass is 32.2. The van der Waals surface area contributed by atoms with Crippen molar-refractivity contribution in [3.05, 3.63) is 48.0 Å². The number of ether oxygens (including phenoxy) is 1. The molecule has 0 unspecified atom stereocenters. The molecule has 0 spiro atoms. The number of nitrogens with zero attached hydrogens (tertiary/aromatic N) is 3. The van der Waals surface area contributed by atoms with Gasteiger partial charge < -0.3 is 15.4 Å². The molecule has 3 rings (SSSR count). The molecule has 0 radical (unpaired) electrons. The van der Waals surface area contributed by atoms with E-state index in [1.54, 1.807) is 25.5 Å². The smallest absolute Gasteiger partial charge is 0.260 e. The van der Waals surface area contributed by atoms with Crippen LogP contribution in [-0.4, -0.2) is 44.7 Å². The van der Waals surface area contributed by atoms with Crippen molar-refractivity contribution in [2.75, 3.05) is 17.8 Å². The Kier molecular flexibility index (Phi) is 7.16. The monoisotopic (exact) mass is 473 g/mol. The average molecular weight is 474 g/mol. The number of benzene rings is 2. The Labute approximate surface area is 193 Å². The van der Waals surface area contributed by atoms with E-state index in [2.05, 4.69) is 25.0 Å². The zero-order chi connectivity index (χ0) is 24.3. The number of carbonyl (C=O) groups is 1. The first-order valence-corrected chi connectivity index (χ1v) is 12.7. The van der Waals surface area contributed by atoms with Crippen molar-refractivity contribution in [3.63, 3.8) is 0 Å². The molecular weight excluding hydrogens is 445 g/mol. The first kappa shape index (κ1) is 24.4. The highest BCUT2D eigenvalue weighted by Crippen LogP contribution is 2.34. The normalized spacial score (nSPS) is 12.5. The average Bonchev–Trinajstić information content (AvgIpc) is 2.68. The molecular formula is C23H28FN5O3S. The summed E-state index contributed by atoms with van der Waals surface area (Å²) in [4.78, 5) is 20.9. The Balaban J connectivity index is 1.99. The van der Waals surface area contributed by atoms with Gasteiger partial charge in [0.05, 0.1) is 16.9 Å². The Morgan fingerprint density at radius 3 is 2.55 bits per heavy atom. The van der Waals surface area contributed by atoms with Gasteiger partial charge in [-0.2, -0.15) is 4.36 Å². The van der Waals surface area contributed by atoms with E-state index in [0.717, 1.165) is 10.9 Å². The number of aromatic nitrogens is 2. The second kappa shape index (κ2) is 9.70. The van der Waals surface area contributed by atoms with E-state index in [-0.39, 0.29) is 17.7 Å². The zero-order valence-corrected chi connectivity index (χ0v) is 20.3. The van der Waals surface area contributed by atoms with Gasteiger partial charge >= 0.3 is 0 Å². The zero-order valence-electron chi connectivity index (χ0n) is 19.5. The maximum atomic E-state index is 14.0. The molecule has 0 bridgehead atoms. The summed E-state index contributed by atoms with van der Waals surface area (Å²) >= 11 is 0. The minimum Gasteiger partial charge on any atom is -0.479 e. The fourth-order valence-corrected chi connectivity index (χ4v) is 3.86. The van der Waals surface area contributed by atoms with Crippen molar-refractivity contribution >= 4 is 43.7 Å². The van der Waals surface area contributed by atoms with Crippen LogP contribution in [0, 0.1) is 12.7 Å². The molecule has 0 aliphatic rings. The van der Waals surface area contributed by atoms with Crippen molar-refractivity contribution in [1.82, 2.24) is 15.3 Å². The van der Waals surface area contributed by atoms with Crippen LogP contribution in [0.4, 0.5) is 21.6 Å². The summed E-state index contributed by atoms with van der Waals surface area (Å²) in [6.07, 6.45) is 3.70. The van der Waals surface area contributed by atoms with E-state index in [1.807, 2.05) is 26.8 Å². The summed E-state index contributed by atoms with van der Waals surface area (Å²) in [5.41, 5.74) is 2.45. The van der Waals surface area contributed by atoms with E-state index in [9.17, 15) is 13.4 Å². The van der Waals surface area contributed by atoms with Gasteiger partial charge in [-0.05, 0) is 57.5 Å². The molecule has 10 heteroatoms. The van der Waals surface area contributed by atoms with Crippen molar-refractivity contribution in [2.45, 2.75) is 39.8 Å². The molecule has 1 aromatic heterocycles. The maximum Gasteiger partial charge on any atom is 0.260 e. The minimum absolute atomic E-state index is 0.0468. The highest BCUT2D eigenvalue weighted by molar-refractivity contribution is 7.92. The number of carbonyl (C=O) groups excluding carboxylic acids is 1. The fraction of sp³-hybridized carbons (Fsp3) is 0.348. The Morgan fingerprint density at radius 1 is 1.15 bits per heavy atom. The van der Waals surface area contributed by atoms with Crippen molar-refractivity contribution in [3.8, 4) is 5.75 Å². The van der Waals surface area contributed by atoms with Crippen molar-refractivity contribution in [1.29, 1.82) is 0 Å². The molecule has 33 heavy (non-hydrogen) atoms. The Morgan fingerprint density at radius 2 is 1.88 bits per heavy atom. The molecule has 0 saturated heterocycles. The first-order chi connectivity index (χ1) is 15.4. The topological polar surface area (TPSA) is 106 Å². The molecule has 1 amide bonds. The van der Waals surface area contributed by atoms with E-state index >= 15 is 0 Å². The van der Waals surface area contributed by atoms with E-state index in [0.29, 0.717) is 22.7 Å². The lowest BCUT2D eigenvalue weighted by molar-refractivity contribution is -0.127. The molecule has 1 heterocycles. The predicted octanol–water partition coefficient (Wildman–Crippen LogP) is 4.47. The SMILES string of the molecule is Cc1cc(N=S(C)(C)=O)cc2ncnc(Nc3ccc(F)cc3O[C@H](C)C(=O)NC(C)C)c12. The van der Waals surface area contributed by atoms with Gasteiger partial charge in [0.2, 0.25) is 0 Å². The summed E-state index contributed by atoms with van der Waals surface area (Å²) in [6, 6.07) is 7.53. The lowest BCUT2D eigenvalue weighted by Gasteiger charge is -2.19. The third kappa shape index (κ3) is 6.38. The number of hydrogen-bond acceptors (Lipinski definition) is 7. The minimum atomic E-state index is -2.33. The molecule has 176 valence electrons. The van der Waals surface area contributed by atoms with Gasteiger partial charge in [-0.1, -0.05) is 0 Å². The molecule has 2 aromatic carbocycles. The standard InChI is InChI=1S/C23H28FN5O3S/c1-13(2)27-23(30)15(4)32-20-10-16(24)7-8-18(20)28-22-21-14(3)9-17(29-33(5,6)31)11-19(21)25-12-26-22/h7-13,15H,1-6H3,(H,27,30)(H,25,26,28)/t15-/m1/s1. The van der Waals surface area contributed by atoms with Gasteiger partial charge in [0.1, 0.15) is 23.7 Å². The number of amides is 1. The van der Waals surface area contributed by atoms with Crippen LogP contribution in [-0.2, 0) is 14.5 Å². The van der Waals surface area contributed by atoms with Crippen LogP contribution in [0.1, 0.15) is 26.3 Å². The van der Waals surface area contributed by atoms with Gasteiger partial charge in [-0.15, -0.1) is 0 Å². The van der Waals surface area contributed by atoms with Gasteiger partial charge in [-0.25, -0.2) is 18.6 Å². The maximum absolute atomic E-state index is 14.0. The second-order valence-electron chi connectivity index (χ2n) is 8.34. The third-order valence-corrected chi connectivity index (χ3v) is 5.20. The number of aryl methyl sites for hydroxylation is 1. The van der Waals surface area contributed by atoms with Crippen LogP contribution in [0.5, 0.6) is 5.75 Å². The van der Waals surface area contributed by atoms with Crippen LogP contribution >= 0.6 is 0 Å². The van der Waals surface area contributed by atoms with E-state index in [4.69, 9.17) is 4.74 Å². The number of rotatable bonds is 7. The van der Waals surface area contributed by atoms with Crippen LogP contribution in [0.3, 0.4) is 0 Å². The highest BCUT2D eigenvalue weighted by Gasteiger charge is 2.19. The van der Waals surface area contributed by atoms with E-state index in [1.165, 1.54) is 24.5 Å². The molecule has 2 N–H and O–H groups in total. The molecule has 0 aliphatic heterocycles. The van der Waals surface area contributed by atoms with Crippen LogP contribution in [0.2, 0.25) is 0 Å². The third-order valence-electron chi connectivity index (χ3n) is 4.55. The lowest BCUT2D eigenvalue weighted by Crippen LogP contribution is -2.40. The predicted molar refractivity (Wildman–Crippen MR) is 129 cm³/mol. The fourth-order valence-electron chi connectivity index (χ4n) is 3.24. The van der Waals surface area contributed by atoms with Crippen LogP contribution < -0.4 is 15.4 Å². The van der Waals surface area contributed by atoms with Gasteiger partial charge in [-0.3, -0.25) is 4.79 Å². The van der Waals surface area contributed by atoms with Crippen molar-refractivity contribution in [2.24, 2.45) is 4.36 Å². The summed E-state index contributed by atoms with van der Waals surface area (Å²) in [7, 11) is -2.33. The molecule has 8 nitrogen and oxygen atoms in total. The molecule has 0 aliphatic carbocycles. The van der Waals surface area contributed by atoms with Gasteiger partial charge in [0.25, 0.3) is 5.91 Å². The number of hydrogen-bond donors (Lipinski definition) is 2. The quantitative estimate of drug-likeness (QED) is 0.524. The number of nitrogens with one attached hydrogen (secondary N) is 2. The summed E-state index contributed by atoms with van der Waals surface area (Å²) < 4.78 is 36.1. The lowest BCUT2D eigenvalue weighted by atomic mass is 10.1. The molecule has 3 aromatic rings. The summed E-state index contributed by atoms with van der Waals surface area (Å²) in [5, 5.41) is 6.68. The molecule has 1 atom stereocenters. The van der Waals surface area contributed by atoms with Crippen LogP contribution in [0.25, 0.3) is 10.9 Å². The Hall–Kier alpha value is -3.27. The number of fused-ring (bicyclic) bond motifs is 1. The van der Waals surface area contributed by atoms with Gasteiger partial charge in [0, 0.05) is 39.7 Å². The number of halogens is 1. The molecule has 0 fully saturated rings. The largest absolute Gasteiger partial charge is 0.479 e. The summed E-state index contributed by atoms with van der Waals surface area (Å²) in [6.45, 7) is 7.17. The molecule has 0 saturated carbocycles. The van der Waals surface area contributed by atoms with Gasteiger partial charge in [0.15, 0.2) is 6.10 Å². The van der Waals surface area contributed by atoms with E-state index < -0.39 is 21.7 Å².